The molecule has 0 aliphatic heterocycles. The summed E-state index contributed by atoms with van der Waals surface area (Å²) in [5.74, 6) is 1.00. The third kappa shape index (κ3) is 2.18. The lowest BCUT2D eigenvalue weighted by molar-refractivity contribution is -0.121. The molecule has 1 nitrogen and oxygen atoms in total. The molecule has 1 atom stereocenters. The van der Waals surface area contributed by atoms with E-state index < -0.39 is 0 Å². The number of ketones is 1. The summed E-state index contributed by atoms with van der Waals surface area (Å²) in [5, 5.41) is 0. The monoisotopic (exact) mass is 152 g/mol. The first-order valence-corrected chi connectivity index (χ1v) is 4.38. The van der Waals surface area contributed by atoms with Crippen LogP contribution in [0.15, 0.2) is 11.6 Å². The zero-order valence-corrected chi connectivity index (χ0v) is 7.39. The second kappa shape index (κ2) is 3.70. The Morgan fingerprint density at radius 3 is 2.91 bits per heavy atom. The minimum Gasteiger partial charge on any atom is -0.300 e. The van der Waals surface area contributed by atoms with Crippen LogP contribution in [0.1, 0.15) is 39.5 Å². The van der Waals surface area contributed by atoms with Crippen molar-refractivity contribution in [3.8, 4) is 0 Å². The Morgan fingerprint density at radius 1 is 1.64 bits per heavy atom. The maximum Gasteiger partial charge on any atom is 0.133 e. The molecule has 1 aliphatic rings. The van der Waals surface area contributed by atoms with Gasteiger partial charge >= 0.3 is 0 Å². The van der Waals surface area contributed by atoms with Crippen LogP contribution in [0.25, 0.3) is 0 Å². The summed E-state index contributed by atoms with van der Waals surface area (Å²) in [6.07, 6.45) is 6.03. The van der Waals surface area contributed by atoms with E-state index in [4.69, 9.17) is 0 Å². The Kier molecular flexibility index (Phi) is 2.86. The predicted molar refractivity (Wildman–Crippen MR) is 46.4 cm³/mol. The van der Waals surface area contributed by atoms with Crippen molar-refractivity contribution >= 4 is 5.78 Å². The summed E-state index contributed by atoms with van der Waals surface area (Å²) < 4.78 is 0. The molecule has 0 bridgehead atoms. The van der Waals surface area contributed by atoms with Gasteiger partial charge in [0.05, 0.1) is 0 Å². The Balaban J connectivity index is 2.52. The SMILES string of the molecule is C/C=C(\C)C1CCCC(=O)C1. The number of rotatable bonds is 1. The molecule has 1 saturated carbocycles. The molecule has 0 aromatic heterocycles. The summed E-state index contributed by atoms with van der Waals surface area (Å²) in [6.45, 7) is 4.18. The van der Waals surface area contributed by atoms with E-state index in [-0.39, 0.29) is 0 Å². The van der Waals surface area contributed by atoms with Crippen LogP contribution in [0.3, 0.4) is 0 Å². The summed E-state index contributed by atoms with van der Waals surface area (Å²) >= 11 is 0. The quantitative estimate of drug-likeness (QED) is 0.528. The van der Waals surface area contributed by atoms with Crippen molar-refractivity contribution in [1.29, 1.82) is 0 Å². The molecule has 0 amide bonds. The van der Waals surface area contributed by atoms with Crippen molar-refractivity contribution in [3.63, 3.8) is 0 Å². The molecule has 1 aliphatic carbocycles. The van der Waals surface area contributed by atoms with Gasteiger partial charge in [-0.2, -0.15) is 0 Å². The van der Waals surface area contributed by atoms with Gasteiger partial charge < -0.3 is 0 Å². The minimum atomic E-state index is 0.447. The summed E-state index contributed by atoms with van der Waals surface area (Å²) in [6, 6.07) is 0. The maximum atomic E-state index is 11.1. The van der Waals surface area contributed by atoms with Crippen LogP contribution in [0.4, 0.5) is 0 Å². The standard InChI is InChI=1S/C10H16O/c1-3-8(2)9-5-4-6-10(11)7-9/h3,9H,4-7H2,1-2H3/b8-3+. The fourth-order valence-corrected chi connectivity index (χ4v) is 1.65. The van der Waals surface area contributed by atoms with Crippen LogP contribution in [0, 0.1) is 5.92 Å². The van der Waals surface area contributed by atoms with Crippen LogP contribution in [0.5, 0.6) is 0 Å². The first-order valence-electron chi connectivity index (χ1n) is 4.38. The van der Waals surface area contributed by atoms with Crippen LogP contribution in [-0.2, 0) is 4.79 Å². The van der Waals surface area contributed by atoms with Crippen LogP contribution >= 0.6 is 0 Å². The smallest absolute Gasteiger partial charge is 0.133 e. The fraction of sp³-hybridized carbons (Fsp3) is 0.700. The molecule has 0 radical (unpaired) electrons. The Bertz CT molecular complexity index is 179. The van der Waals surface area contributed by atoms with E-state index in [1.165, 1.54) is 12.0 Å². The molecule has 1 heteroatoms. The number of carbonyl (C=O) groups excluding carboxylic acids is 1. The van der Waals surface area contributed by atoms with E-state index in [0.29, 0.717) is 11.7 Å². The van der Waals surface area contributed by atoms with E-state index in [1.807, 2.05) is 0 Å². The lowest BCUT2D eigenvalue weighted by atomic mass is 9.84. The lowest BCUT2D eigenvalue weighted by Crippen LogP contribution is -2.15. The molecule has 62 valence electrons. The van der Waals surface area contributed by atoms with Crippen molar-refractivity contribution in [3.05, 3.63) is 11.6 Å². The van der Waals surface area contributed by atoms with Crippen molar-refractivity contribution in [1.82, 2.24) is 0 Å². The van der Waals surface area contributed by atoms with Crippen molar-refractivity contribution in [2.24, 2.45) is 5.92 Å². The third-order valence-corrected chi connectivity index (χ3v) is 2.58. The highest BCUT2D eigenvalue weighted by atomic mass is 16.1. The topological polar surface area (TPSA) is 17.1 Å². The Labute approximate surface area is 68.5 Å². The van der Waals surface area contributed by atoms with Gasteiger partial charge in [0, 0.05) is 12.8 Å². The number of carbonyl (C=O) groups is 1. The highest BCUT2D eigenvalue weighted by Crippen LogP contribution is 2.27. The van der Waals surface area contributed by atoms with Gasteiger partial charge in [0.1, 0.15) is 5.78 Å². The summed E-state index contributed by atoms with van der Waals surface area (Å²) in [7, 11) is 0. The lowest BCUT2D eigenvalue weighted by Gasteiger charge is -2.21. The third-order valence-electron chi connectivity index (χ3n) is 2.58. The number of hydrogen-bond donors (Lipinski definition) is 0. The molecular weight excluding hydrogens is 136 g/mol. The highest BCUT2D eigenvalue weighted by Gasteiger charge is 2.19. The molecule has 1 unspecified atom stereocenters. The van der Waals surface area contributed by atoms with Gasteiger partial charge in [-0.1, -0.05) is 11.6 Å². The largest absolute Gasteiger partial charge is 0.300 e. The molecule has 0 spiro atoms. The van der Waals surface area contributed by atoms with Crippen LogP contribution in [0.2, 0.25) is 0 Å². The van der Waals surface area contributed by atoms with E-state index in [2.05, 4.69) is 19.9 Å². The van der Waals surface area contributed by atoms with Gasteiger partial charge in [0.25, 0.3) is 0 Å². The van der Waals surface area contributed by atoms with E-state index in [0.717, 1.165) is 19.3 Å². The van der Waals surface area contributed by atoms with Crippen molar-refractivity contribution in [2.45, 2.75) is 39.5 Å². The molecule has 0 aromatic rings. The second-order valence-electron chi connectivity index (χ2n) is 3.36. The zero-order valence-electron chi connectivity index (χ0n) is 7.39. The number of Topliss-reactive ketones (excluding diaryl/α,β-unsaturated/α-hetero) is 1. The average Bonchev–Trinajstić information content (AvgIpc) is 2.03. The summed E-state index contributed by atoms with van der Waals surface area (Å²) in [4.78, 5) is 11.1. The number of hydrogen-bond acceptors (Lipinski definition) is 1. The van der Waals surface area contributed by atoms with Crippen molar-refractivity contribution in [2.75, 3.05) is 0 Å². The molecule has 0 saturated heterocycles. The van der Waals surface area contributed by atoms with E-state index >= 15 is 0 Å². The van der Waals surface area contributed by atoms with Gasteiger partial charge in [-0.05, 0) is 32.6 Å². The molecule has 1 fully saturated rings. The van der Waals surface area contributed by atoms with Crippen molar-refractivity contribution < 1.29 is 4.79 Å². The maximum absolute atomic E-state index is 11.1. The van der Waals surface area contributed by atoms with Gasteiger partial charge in [0.15, 0.2) is 0 Å². The first-order chi connectivity index (χ1) is 5.24. The first kappa shape index (κ1) is 8.51. The molecule has 11 heavy (non-hydrogen) atoms. The van der Waals surface area contributed by atoms with Gasteiger partial charge in [-0.3, -0.25) is 4.79 Å². The average molecular weight is 152 g/mol. The van der Waals surface area contributed by atoms with E-state index in [1.54, 1.807) is 0 Å². The molecular formula is C10H16O. The van der Waals surface area contributed by atoms with Gasteiger partial charge in [-0.15, -0.1) is 0 Å². The molecule has 0 N–H and O–H groups in total. The molecule has 0 heterocycles. The fourth-order valence-electron chi connectivity index (χ4n) is 1.65. The predicted octanol–water partition coefficient (Wildman–Crippen LogP) is 2.71. The zero-order chi connectivity index (χ0) is 8.27. The number of allylic oxidation sites excluding steroid dienone is 2. The van der Waals surface area contributed by atoms with Gasteiger partial charge in [-0.25, -0.2) is 0 Å². The second-order valence-corrected chi connectivity index (χ2v) is 3.36. The normalized spacial score (nSPS) is 27.3. The minimum absolute atomic E-state index is 0.447. The van der Waals surface area contributed by atoms with Crippen LogP contribution in [-0.4, -0.2) is 5.78 Å². The van der Waals surface area contributed by atoms with Crippen LogP contribution < -0.4 is 0 Å². The highest BCUT2D eigenvalue weighted by molar-refractivity contribution is 5.79. The Hall–Kier alpha value is -0.590. The van der Waals surface area contributed by atoms with E-state index in [9.17, 15) is 4.79 Å². The Morgan fingerprint density at radius 2 is 2.36 bits per heavy atom. The molecule has 1 rings (SSSR count). The summed E-state index contributed by atoms with van der Waals surface area (Å²) in [5.41, 5.74) is 1.39. The molecule has 0 aromatic carbocycles. The van der Waals surface area contributed by atoms with Gasteiger partial charge in [0.2, 0.25) is 0 Å².